The molecule has 0 saturated heterocycles. The van der Waals surface area contributed by atoms with Gasteiger partial charge in [0.1, 0.15) is 5.00 Å². The van der Waals surface area contributed by atoms with Crippen molar-refractivity contribution >= 4 is 45.7 Å². The van der Waals surface area contributed by atoms with Gasteiger partial charge in [-0.3, -0.25) is 4.79 Å². The number of carbonyl (C=O) groups is 2. The Balaban J connectivity index is 1.44. The molecule has 3 aromatic rings. The first-order valence-electron chi connectivity index (χ1n) is 13.0. The Labute approximate surface area is 226 Å². The minimum absolute atomic E-state index is 0.164. The summed E-state index contributed by atoms with van der Waals surface area (Å²) < 4.78 is 7.23. The van der Waals surface area contributed by atoms with Crippen molar-refractivity contribution in [3.63, 3.8) is 0 Å². The van der Waals surface area contributed by atoms with Crippen molar-refractivity contribution in [1.29, 1.82) is 0 Å². The average Bonchev–Trinajstić information content (AvgIpc) is 3.34. The molecule has 1 aromatic carbocycles. The molecular weight excluding hydrogens is 506 g/mol. The summed E-state index contributed by atoms with van der Waals surface area (Å²) in [6, 6.07) is 8.30. The van der Waals surface area contributed by atoms with E-state index in [0.717, 1.165) is 62.1 Å². The molecule has 0 unspecified atom stereocenters. The van der Waals surface area contributed by atoms with E-state index in [1.54, 1.807) is 6.92 Å². The predicted molar refractivity (Wildman–Crippen MR) is 151 cm³/mol. The summed E-state index contributed by atoms with van der Waals surface area (Å²) in [6.45, 7) is 8.30. The maximum absolute atomic E-state index is 12.9. The van der Waals surface area contributed by atoms with E-state index in [9.17, 15) is 9.59 Å². The summed E-state index contributed by atoms with van der Waals surface area (Å²) in [5.74, 6) is 0.382. The fraction of sp³-hybridized carbons (Fsp3) is 0.481. The number of thiophene rings is 1. The number of rotatable bonds is 10. The largest absolute Gasteiger partial charge is 0.462 e. The Hall–Kier alpha value is -2.85. The van der Waals surface area contributed by atoms with E-state index in [1.807, 2.05) is 11.6 Å². The number of hydrogen-bond donors (Lipinski definition) is 1. The highest BCUT2D eigenvalue weighted by Gasteiger charge is 2.26. The molecule has 0 fully saturated rings. The molecule has 1 N–H and O–H groups in total. The van der Waals surface area contributed by atoms with Crippen LogP contribution in [0, 0.1) is 0 Å². The highest BCUT2D eigenvalue weighted by molar-refractivity contribution is 7.99. The second kappa shape index (κ2) is 12.6. The first-order chi connectivity index (χ1) is 18.0. The van der Waals surface area contributed by atoms with Gasteiger partial charge in [0.15, 0.2) is 11.0 Å². The fourth-order valence-corrected chi connectivity index (χ4v) is 6.65. The Kier molecular flexibility index (Phi) is 9.26. The minimum atomic E-state index is -0.352. The highest BCUT2D eigenvalue weighted by atomic mass is 32.2. The molecule has 1 aliphatic carbocycles. The molecule has 0 bridgehead atoms. The van der Waals surface area contributed by atoms with Crippen LogP contribution in [0.3, 0.4) is 0 Å². The molecule has 0 saturated carbocycles. The SMILES string of the molecule is CCOC(=O)c1c(NC(=O)CSc2nnc(-c3ccc(N(CC)CC)cc3)n2C)sc2c1CCCCC2. The van der Waals surface area contributed by atoms with Gasteiger partial charge in [-0.05, 0) is 76.3 Å². The van der Waals surface area contributed by atoms with Crippen molar-refractivity contribution in [3.8, 4) is 11.4 Å². The number of hydrogen-bond acceptors (Lipinski definition) is 8. The van der Waals surface area contributed by atoms with Gasteiger partial charge in [-0.25, -0.2) is 4.79 Å². The second-order valence-electron chi connectivity index (χ2n) is 8.91. The van der Waals surface area contributed by atoms with Crippen LogP contribution >= 0.6 is 23.1 Å². The second-order valence-corrected chi connectivity index (χ2v) is 11.0. The lowest BCUT2D eigenvalue weighted by molar-refractivity contribution is -0.113. The Bertz CT molecular complexity index is 1230. The standard InChI is InChI=1S/C27H35N5O3S2/c1-5-32(6-2)19-15-13-18(14-16-19)24-29-30-27(31(24)4)36-17-22(33)28-25-23(26(34)35-7-3)20-11-9-8-10-12-21(20)37-25/h13-16H,5-12,17H2,1-4H3,(H,28,33). The van der Waals surface area contributed by atoms with Crippen molar-refractivity contribution in [2.24, 2.45) is 7.05 Å². The third-order valence-corrected chi connectivity index (χ3v) is 8.80. The molecule has 0 aliphatic heterocycles. The topological polar surface area (TPSA) is 89.3 Å². The smallest absolute Gasteiger partial charge is 0.341 e. The van der Waals surface area contributed by atoms with Crippen LogP contribution in [0.5, 0.6) is 0 Å². The summed E-state index contributed by atoms with van der Waals surface area (Å²) >= 11 is 2.84. The van der Waals surface area contributed by atoms with Gasteiger partial charge < -0.3 is 19.5 Å². The van der Waals surface area contributed by atoms with Gasteiger partial charge >= 0.3 is 5.97 Å². The lowest BCUT2D eigenvalue weighted by Gasteiger charge is -2.21. The van der Waals surface area contributed by atoms with E-state index < -0.39 is 0 Å². The zero-order valence-electron chi connectivity index (χ0n) is 22.0. The molecule has 0 atom stereocenters. The van der Waals surface area contributed by atoms with Gasteiger partial charge in [0.05, 0.1) is 17.9 Å². The van der Waals surface area contributed by atoms with E-state index in [0.29, 0.717) is 22.3 Å². The molecule has 1 aliphatic rings. The molecule has 10 heteroatoms. The van der Waals surface area contributed by atoms with E-state index in [4.69, 9.17) is 4.74 Å². The number of benzene rings is 1. The first-order valence-corrected chi connectivity index (χ1v) is 14.8. The number of nitrogens with one attached hydrogen (secondary N) is 1. The number of thioether (sulfide) groups is 1. The highest BCUT2D eigenvalue weighted by Crippen LogP contribution is 2.38. The first kappa shape index (κ1) is 27.2. The number of nitrogens with zero attached hydrogens (tertiary/aromatic N) is 4. The number of amides is 1. The number of ether oxygens (including phenoxy) is 1. The van der Waals surface area contributed by atoms with Crippen molar-refractivity contribution in [2.45, 2.75) is 58.0 Å². The molecule has 37 heavy (non-hydrogen) atoms. The molecule has 8 nitrogen and oxygen atoms in total. The van der Waals surface area contributed by atoms with Crippen LogP contribution in [0.4, 0.5) is 10.7 Å². The number of aryl methyl sites for hydroxylation is 1. The van der Waals surface area contributed by atoms with Crippen LogP contribution in [-0.2, 0) is 29.4 Å². The maximum Gasteiger partial charge on any atom is 0.341 e. The third kappa shape index (κ3) is 6.18. The van der Waals surface area contributed by atoms with Crippen molar-refractivity contribution < 1.29 is 14.3 Å². The number of fused-ring (bicyclic) bond motifs is 1. The maximum atomic E-state index is 12.9. The summed E-state index contributed by atoms with van der Waals surface area (Å²) in [5, 5.41) is 12.9. The number of esters is 1. The molecular formula is C27H35N5O3S2. The van der Waals surface area contributed by atoms with Gasteiger partial charge in [0.25, 0.3) is 0 Å². The van der Waals surface area contributed by atoms with E-state index in [1.165, 1.54) is 33.7 Å². The Morgan fingerprint density at radius 1 is 1.08 bits per heavy atom. The molecule has 198 valence electrons. The molecule has 4 rings (SSSR count). The minimum Gasteiger partial charge on any atom is -0.462 e. The quantitative estimate of drug-likeness (QED) is 0.204. The molecule has 2 aromatic heterocycles. The summed E-state index contributed by atoms with van der Waals surface area (Å²) in [4.78, 5) is 29.1. The average molecular weight is 542 g/mol. The Morgan fingerprint density at radius 3 is 2.51 bits per heavy atom. The zero-order valence-corrected chi connectivity index (χ0v) is 23.6. The van der Waals surface area contributed by atoms with Gasteiger partial charge in [0, 0.05) is 36.3 Å². The normalized spacial score (nSPS) is 13.1. The molecule has 2 heterocycles. The third-order valence-electron chi connectivity index (χ3n) is 6.58. The van der Waals surface area contributed by atoms with Crippen LogP contribution in [0.15, 0.2) is 29.4 Å². The number of carbonyl (C=O) groups excluding carboxylic acids is 2. The summed E-state index contributed by atoms with van der Waals surface area (Å²) in [7, 11) is 1.91. The van der Waals surface area contributed by atoms with Gasteiger partial charge in [-0.15, -0.1) is 21.5 Å². The van der Waals surface area contributed by atoms with E-state index >= 15 is 0 Å². The van der Waals surface area contributed by atoms with Crippen LogP contribution in [0.25, 0.3) is 11.4 Å². The van der Waals surface area contributed by atoms with Crippen LogP contribution in [-0.4, -0.2) is 52.1 Å². The van der Waals surface area contributed by atoms with E-state index in [-0.39, 0.29) is 17.6 Å². The Morgan fingerprint density at radius 2 is 1.81 bits per heavy atom. The molecule has 0 radical (unpaired) electrons. The molecule has 1 amide bonds. The van der Waals surface area contributed by atoms with Crippen LogP contribution in [0.2, 0.25) is 0 Å². The number of aromatic nitrogens is 3. The van der Waals surface area contributed by atoms with Gasteiger partial charge in [-0.2, -0.15) is 0 Å². The van der Waals surface area contributed by atoms with Crippen molar-refractivity contribution in [1.82, 2.24) is 14.8 Å². The summed E-state index contributed by atoms with van der Waals surface area (Å²) in [5.41, 5.74) is 3.74. The molecule has 0 spiro atoms. The van der Waals surface area contributed by atoms with Crippen LogP contribution in [0.1, 0.15) is 60.8 Å². The van der Waals surface area contributed by atoms with Crippen molar-refractivity contribution in [2.75, 3.05) is 35.7 Å². The van der Waals surface area contributed by atoms with Crippen molar-refractivity contribution in [3.05, 3.63) is 40.3 Å². The van der Waals surface area contributed by atoms with Gasteiger partial charge in [0.2, 0.25) is 5.91 Å². The lowest BCUT2D eigenvalue weighted by atomic mass is 10.1. The van der Waals surface area contributed by atoms with Gasteiger partial charge in [-0.1, -0.05) is 18.2 Å². The van der Waals surface area contributed by atoms with E-state index in [2.05, 4.69) is 58.5 Å². The summed E-state index contributed by atoms with van der Waals surface area (Å²) in [6.07, 6.45) is 5.09. The monoisotopic (exact) mass is 541 g/mol. The van der Waals surface area contributed by atoms with Crippen LogP contribution < -0.4 is 10.2 Å². The zero-order chi connectivity index (χ0) is 26.4. The lowest BCUT2D eigenvalue weighted by Crippen LogP contribution is -2.21. The fourth-order valence-electron chi connectivity index (χ4n) is 4.64. The predicted octanol–water partition coefficient (Wildman–Crippen LogP) is 5.57. The number of anilines is 2.